The molecule has 0 atom stereocenters. The van der Waals surface area contributed by atoms with Gasteiger partial charge in [0.05, 0.1) is 22.4 Å². The maximum absolute atomic E-state index is 2.50. The number of nitrogens with zero attached hydrogens (tertiary/aromatic N) is 2. The van der Waals surface area contributed by atoms with Crippen molar-refractivity contribution < 1.29 is 0 Å². The molecule has 1 aromatic heterocycles. The normalized spacial score (nSPS) is 14.6. The van der Waals surface area contributed by atoms with Crippen molar-refractivity contribution in [3.63, 3.8) is 0 Å². The van der Waals surface area contributed by atoms with Crippen LogP contribution in [0.1, 0.15) is 61.3 Å². The van der Waals surface area contributed by atoms with Crippen LogP contribution in [-0.2, 0) is 5.41 Å². The fourth-order valence-electron chi connectivity index (χ4n) is 11.5. The van der Waals surface area contributed by atoms with E-state index in [0.29, 0.717) is 5.92 Å². The summed E-state index contributed by atoms with van der Waals surface area (Å²) in [5.41, 5.74) is 17.7. The highest BCUT2D eigenvalue weighted by Crippen LogP contribution is 2.53. The second kappa shape index (κ2) is 14.0. The van der Waals surface area contributed by atoms with E-state index in [1.165, 1.54) is 141 Å². The van der Waals surface area contributed by atoms with E-state index in [2.05, 4.69) is 224 Å². The Balaban J connectivity index is 0.963. The van der Waals surface area contributed by atoms with Crippen molar-refractivity contribution in [1.29, 1.82) is 0 Å². The van der Waals surface area contributed by atoms with Crippen LogP contribution in [0, 0.1) is 6.92 Å². The van der Waals surface area contributed by atoms with Gasteiger partial charge in [-0.2, -0.15) is 0 Å². The first kappa shape index (κ1) is 37.2. The maximum Gasteiger partial charge on any atom is 0.0541 e. The number of benzene rings is 10. The fraction of sp³-hybridized carbons (Fsp3) is 0.129. The standard InChI is InChI=1S/C62H48N2/c1-39-15-4-5-18-45(39)53-37-43(29-31-46(53)40-16-14-17-40)63-58-25-12-10-23-52(58)55-35-41(27-33-59(55)63)42-28-34-61-57(36-42)62(2,3)56-24-11-13-26-60(56)64(61)44-30-32-51-49-21-7-6-19-47(49)48-20-8-9-22-50(48)54(51)38-44/h4-13,15,18-38,40H,14,16-17H2,1-3H3. The number of hydrogen-bond acceptors (Lipinski definition) is 1. The molecule has 0 bridgehead atoms. The highest BCUT2D eigenvalue weighted by Gasteiger charge is 2.37. The van der Waals surface area contributed by atoms with E-state index < -0.39 is 0 Å². The highest BCUT2D eigenvalue weighted by molar-refractivity contribution is 6.26. The van der Waals surface area contributed by atoms with Crippen molar-refractivity contribution in [2.75, 3.05) is 4.90 Å². The van der Waals surface area contributed by atoms with Crippen molar-refractivity contribution in [2.24, 2.45) is 0 Å². The molecular formula is C62H48N2. The van der Waals surface area contributed by atoms with Crippen molar-refractivity contribution in [1.82, 2.24) is 4.57 Å². The van der Waals surface area contributed by atoms with Crippen LogP contribution in [0.15, 0.2) is 194 Å². The Morgan fingerprint density at radius 2 is 1.02 bits per heavy atom. The molecule has 1 fully saturated rings. The van der Waals surface area contributed by atoms with E-state index in [0.717, 1.165) is 0 Å². The minimum absolute atomic E-state index is 0.223. The van der Waals surface area contributed by atoms with Crippen molar-refractivity contribution in [3.8, 4) is 27.9 Å². The Kier molecular flexibility index (Phi) is 8.15. The zero-order chi connectivity index (χ0) is 42.7. The second-order valence-corrected chi connectivity index (χ2v) is 18.8. The van der Waals surface area contributed by atoms with E-state index in [-0.39, 0.29) is 5.41 Å². The topological polar surface area (TPSA) is 8.17 Å². The molecule has 2 nitrogen and oxygen atoms in total. The Morgan fingerprint density at radius 3 is 1.77 bits per heavy atom. The van der Waals surface area contributed by atoms with Crippen LogP contribution in [0.3, 0.4) is 0 Å². The van der Waals surface area contributed by atoms with Crippen LogP contribution in [-0.4, -0.2) is 4.57 Å². The molecule has 0 spiro atoms. The summed E-state index contributed by atoms with van der Waals surface area (Å²) in [6.07, 6.45) is 3.88. The smallest absolute Gasteiger partial charge is 0.0541 e. The number of aryl methyl sites for hydroxylation is 1. The van der Waals surface area contributed by atoms with Crippen LogP contribution in [0.25, 0.3) is 82.1 Å². The average Bonchev–Trinajstić information content (AvgIpc) is 3.65. The van der Waals surface area contributed by atoms with Gasteiger partial charge in [-0.05, 0) is 163 Å². The Morgan fingerprint density at radius 1 is 0.422 bits per heavy atom. The van der Waals surface area contributed by atoms with E-state index in [9.17, 15) is 0 Å². The summed E-state index contributed by atoms with van der Waals surface area (Å²) in [6.45, 7) is 7.04. The molecule has 0 radical (unpaired) electrons. The summed E-state index contributed by atoms with van der Waals surface area (Å²) in [7, 11) is 0. The second-order valence-electron chi connectivity index (χ2n) is 18.8. The molecule has 11 aromatic rings. The highest BCUT2D eigenvalue weighted by atomic mass is 15.2. The molecule has 10 aromatic carbocycles. The number of aromatic nitrogens is 1. The predicted molar refractivity (Wildman–Crippen MR) is 272 cm³/mol. The molecule has 0 saturated heterocycles. The van der Waals surface area contributed by atoms with Crippen LogP contribution in [0.2, 0.25) is 0 Å². The SMILES string of the molecule is Cc1ccccc1-c1cc(-n2c3ccccc3c3cc(-c4ccc5c(c4)C(C)(C)c4ccccc4N5c4ccc5c6ccccc6c6ccccc6c5c4)ccc32)ccc1C1CCC1. The first-order valence-corrected chi connectivity index (χ1v) is 23.0. The largest absolute Gasteiger partial charge is 0.310 e. The van der Waals surface area contributed by atoms with E-state index in [4.69, 9.17) is 0 Å². The first-order chi connectivity index (χ1) is 31.4. The molecule has 0 unspecified atom stereocenters. The van der Waals surface area contributed by atoms with Crippen molar-refractivity contribution in [2.45, 2.75) is 51.4 Å². The Labute approximate surface area is 374 Å². The van der Waals surface area contributed by atoms with Crippen LogP contribution in [0.4, 0.5) is 17.1 Å². The molecule has 64 heavy (non-hydrogen) atoms. The minimum atomic E-state index is -0.223. The average molecular weight is 821 g/mol. The summed E-state index contributed by atoms with van der Waals surface area (Å²) >= 11 is 0. The van der Waals surface area contributed by atoms with Gasteiger partial charge in [0.25, 0.3) is 0 Å². The number of hydrogen-bond donors (Lipinski definition) is 0. The van der Waals surface area contributed by atoms with Crippen molar-refractivity contribution in [3.05, 3.63) is 216 Å². The van der Waals surface area contributed by atoms with Gasteiger partial charge in [-0.25, -0.2) is 0 Å². The van der Waals surface area contributed by atoms with Crippen LogP contribution >= 0.6 is 0 Å². The molecule has 1 aliphatic heterocycles. The molecule has 0 amide bonds. The molecule has 306 valence electrons. The monoisotopic (exact) mass is 820 g/mol. The zero-order valence-electron chi connectivity index (χ0n) is 36.6. The van der Waals surface area contributed by atoms with Crippen LogP contribution in [0.5, 0.6) is 0 Å². The molecule has 1 aliphatic carbocycles. The first-order valence-electron chi connectivity index (χ1n) is 23.0. The van der Waals surface area contributed by atoms with Gasteiger partial charge in [-0.1, -0.05) is 154 Å². The lowest BCUT2D eigenvalue weighted by Gasteiger charge is -2.42. The summed E-state index contributed by atoms with van der Waals surface area (Å²) < 4.78 is 2.49. The summed E-state index contributed by atoms with van der Waals surface area (Å²) in [6, 6.07) is 73.2. The number of anilines is 3. The van der Waals surface area contributed by atoms with Gasteiger partial charge in [0.1, 0.15) is 0 Å². The predicted octanol–water partition coefficient (Wildman–Crippen LogP) is 17.3. The third-order valence-corrected chi connectivity index (χ3v) is 15.0. The van der Waals surface area contributed by atoms with Gasteiger partial charge < -0.3 is 9.47 Å². The molecule has 2 aliphatic rings. The van der Waals surface area contributed by atoms with Gasteiger partial charge in [0.15, 0.2) is 0 Å². The third-order valence-electron chi connectivity index (χ3n) is 15.0. The number of rotatable bonds is 5. The Bertz CT molecular complexity index is 3670. The molecule has 0 N–H and O–H groups in total. The lowest BCUT2D eigenvalue weighted by atomic mass is 9.73. The molecule has 1 saturated carbocycles. The van der Waals surface area contributed by atoms with Gasteiger partial charge in [0, 0.05) is 27.6 Å². The molecular weight excluding hydrogens is 773 g/mol. The van der Waals surface area contributed by atoms with Gasteiger partial charge in [0.2, 0.25) is 0 Å². The lowest BCUT2D eigenvalue weighted by molar-refractivity contribution is 0.420. The zero-order valence-corrected chi connectivity index (χ0v) is 36.6. The quantitative estimate of drug-likeness (QED) is 0.157. The van der Waals surface area contributed by atoms with E-state index in [1.54, 1.807) is 0 Å². The number of fused-ring (bicyclic) bond motifs is 11. The van der Waals surface area contributed by atoms with Gasteiger partial charge in [-0.3, -0.25) is 0 Å². The fourth-order valence-corrected chi connectivity index (χ4v) is 11.5. The summed E-state index contributed by atoms with van der Waals surface area (Å²) in [5, 5.41) is 10.3. The number of para-hydroxylation sites is 2. The van der Waals surface area contributed by atoms with Crippen molar-refractivity contribution >= 4 is 71.2 Å². The maximum atomic E-state index is 2.50. The molecule has 2 heteroatoms. The molecule has 13 rings (SSSR count). The summed E-state index contributed by atoms with van der Waals surface area (Å²) in [4.78, 5) is 2.50. The van der Waals surface area contributed by atoms with Crippen LogP contribution < -0.4 is 4.90 Å². The van der Waals surface area contributed by atoms with Gasteiger partial charge >= 0.3 is 0 Å². The third kappa shape index (κ3) is 5.45. The lowest BCUT2D eigenvalue weighted by Crippen LogP contribution is -2.30. The van der Waals surface area contributed by atoms with E-state index >= 15 is 0 Å². The Hall–Kier alpha value is -7.42. The molecule has 2 heterocycles. The van der Waals surface area contributed by atoms with Gasteiger partial charge in [-0.15, -0.1) is 0 Å². The van der Waals surface area contributed by atoms with E-state index in [1.807, 2.05) is 0 Å². The summed E-state index contributed by atoms with van der Waals surface area (Å²) in [5.74, 6) is 0.639. The minimum Gasteiger partial charge on any atom is -0.310 e.